The van der Waals surface area contributed by atoms with Crippen LogP contribution < -0.4 is 5.32 Å². The van der Waals surface area contributed by atoms with E-state index in [0.29, 0.717) is 17.7 Å². The highest BCUT2D eigenvalue weighted by atomic mass is 16.5. The molecule has 0 atom stereocenters. The van der Waals surface area contributed by atoms with Crippen LogP contribution in [0.5, 0.6) is 0 Å². The van der Waals surface area contributed by atoms with Gasteiger partial charge in [0.15, 0.2) is 6.61 Å². The average Bonchev–Trinajstić information content (AvgIpc) is 2.67. The number of fused-ring (bicyclic) bond motifs is 1. The molecule has 0 spiro atoms. The Morgan fingerprint density at radius 1 is 1.07 bits per heavy atom. The molecule has 1 aromatic heterocycles. The molecule has 3 rings (SSSR count). The lowest BCUT2D eigenvalue weighted by atomic mass is 10.1. The minimum Gasteiger partial charge on any atom is -0.452 e. The Bertz CT molecular complexity index is 1010. The molecule has 0 bridgehead atoms. The molecule has 0 saturated carbocycles. The smallest absolute Gasteiger partial charge is 0.339 e. The molecule has 0 aliphatic rings. The first-order valence-corrected chi connectivity index (χ1v) is 8.91. The van der Waals surface area contributed by atoms with Crippen molar-refractivity contribution < 1.29 is 14.3 Å². The number of carbonyl (C=O) groups excluding carboxylic acids is 2. The van der Waals surface area contributed by atoms with Crippen molar-refractivity contribution in [2.45, 2.75) is 27.2 Å². The van der Waals surface area contributed by atoms with Gasteiger partial charge in [0, 0.05) is 16.8 Å². The number of pyridine rings is 1. The highest BCUT2D eigenvalue weighted by Crippen LogP contribution is 2.20. The fourth-order valence-electron chi connectivity index (χ4n) is 2.93. The number of rotatable bonds is 5. The zero-order valence-electron chi connectivity index (χ0n) is 15.7. The topological polar surface area (TPSA) is 68.3 Å². The third kappa shape index (κ3) is 4.31. The van der Waals surface area contributed by atoms with Crippen LogP contribution in [0.1, 0.15) is 34.1 Å². The van der Waals surface area contributed by atoms with E-state index in [9.17, 15) is 9.59 Å². The number of nitrogens with zero attached hydrogens (tertiary/aromatic N) is 1. The lowest BCUT2D eigenvalue weighted by Crippen LogP contribution is -2.21. The first-order valence-electron chi connectivity index (χ1n) is 8.91. The van der Waals surface area contributed by atoms with E-state index in [4.69, 9.17) is 4.74 Å². The van der Waals surface area contributed by atoms with Gasteiger partial charge in [-0.1, -0.05) is 42.8 Å². The SMILES string of the molecule is CCc1cc(C(=O)OCC(=O)Nc2ccc(C)cc2C)c2ccccc2n1. The first-order chi connectivity index (χ1) is 13.0. The summed E-state index contributed by atoms with van der Waals surface area (Å²) >= 11 is 0. The summed E-state index contributed by atoms with van der Waals surface area (Å²) in [5.74, 6) is -0.900. The number of aryl methyl sites for hydroxylation is 3. The largest absolute Gasteiger partial charge is 0.452 e. The number of amides is 1. The van der Waals surface area contributed by atoms with Crippen LogP contribution in [0.15, 0.2) is 48.5 Å². The second kappa shape index (κ2) is 7.99. The standard InChI is InChI=1S/C22H22N2O3/c1-4-16-12-18(17-7-5-6-8-20(17)23-16)22(26)27-13-21(25)24-19-10-9-14(2)11-15(19)3/h5-12H,4,13H2,1-3H3,(H,24,25). The van der Waals surface area contributed by atoms with E-state index in [-0.39, 0.29) is 12.5 Å². The second-order valence-electron chi connectivity index (χ2n) is 6.47. The molecule has 1 amide bonds. The number of para-hydroxylation sites is 1. The van der Waals surface area contributed by atoms with Gasteiger partial charge in [0.05, 0.1) is 11.1 Å². The molecule has 1 heterocycles. The minimum atomic E-state index is -0.529. The van der Waals surface area contributed by atoms with E-state index in [1.807, 2.05) is 63.2 Å². The summed E-state index contributed by atoms with van der Waals surface area (Å²) < 4.78 is 5.25. The molecule has 0 saturated heterocycles. The van der Waals surface area contributed by atoms with E-state index in [1.165, 1.54) is 0 Å². The Morgan fingerprint density at radius 2 is 1.85 bits per heavy atom. The summed E-state index contributed by atoms with van der Waals surface area (Å²) in [6, 6.07) is 14.9. The van der Waals surface area contributed by atoms with Crippen LogP contribution >= 0.6 is 0 Å². The fourth-order valence-corrected chi connectivity index (χ4v) is 2.93. The van der Waals surface area contributed by atoms with E-state index in [1.54, 1.807) is 6.07 Å². The molecule has 0 aliphatic heterocycles. The van der Waals surface area contributed by atoms with Crippen molar-refractivity contribution in [2.75, 3.05) is 11.9 Å². The van der Waals surface area contributed by atoms with E-state index >= 15 is 0 Å². The Kier molecular flexibility index (Phi) is 5.50. The third-order valence-corrected chi connectivity index (χ3v) is 4.34. The van der Waals surface area contributed by atoms with Crippen molar-refractivity contribution in [1.29, 1.82) is 0 Å². The average molecular weight is 362 g/mol. The highest BCUT2D eigenvalue weighted by molar-refractivity contribution is 6.04. The summed E-state index contributed by atoms with van der Waals surface area (Å²) in [6.45, 7) is 5.54. The fraction of sp³-hybridized carbons (Fsp3) is 0.227. The maximum atomic E-state index is 12.6. The van der Waals surface area contributed by atoms with Crippen molar-refractivity contribution in [3.8, 4) is 0 Å². The van der Waals surface area contributed by atoms with Gasteiger partial charge in [0.1, 0.15) is 0 Å². The van der Waals surface area contributed by atoms with Crippen LogP contribution in [-0.2, 0) is 16.0 Å². The lowest BCUT2D eigenvalue weighted by molar-refractivity contribution is -0.119. The number of hydrogen-bond acceptors (Lipinski definition) is 4. The molecular weight excluding hydrogens is 340 g/mol. The monoisotopic (exact) mass is 362 g/mol. The summed E-state index contributed by atoms with van der Waals surface area (Å²) in [5.41, 5.74) is 4.76. The number of benzene rings is 2. The summed E-state index contributed by atoms with van der Waals surface area (Å²) in [4.78, 5) is 29.3. The van der Waals surface area contributed by atoms with Crippen molar-refractivity contribution >= 4 is 28.5 Å². The molecular formula is C22H22N2O3. The summed E-state index contributed by atoms with van der Waals surface area (Å²) in [5, 5.41) is 3.49. The molecule has 5 nitrogen and oxygen atoms in total. The number of aromatic nitrogens is 1. The lowest BCUT2D eigenvalue weighted by Gasteiger charge is -2.11. The molecule has 5 heteroatoms. The molecule has 0 unspecified atom stereocenters. The van der Waals surface area contributed by atoms with Crippen LogP contribution in [0.3, 0.4) is 0 Å². The minimum absolute atomic E-state index is 0.343. The molecule has 0 radical (unpaired) electrons. The molecule has 3 aromatic rings. The van der Waals surface area contributed by atoms with Gasteiger partial charge in [-0.15, -0.1) is 0 Å². The maximum absolute atomic E-state index is 12.6. The van der Waals surface area contributed by atoms with Crippen molar-refractivity contribution in [2.24, 2.45) is 0 Å². The highest BCUT2D eigenvalue weighted by Gasteiger charge is 2.15. The van der Waals surface area contributed by atoms with E-state index in [2.05, 4.69) is 10.3 Å². The van der Waals surface area contributed by atoms with Gasteiger partial charge >= 0.3 is 5.97 Å². The van der Waals surface area contributed by atoms with Crippen molar-refractivity contribution in [3.05, 3.63) is 70.9 Å². The molecule has 1 N–H and O–H groups in total. The van der Waals surface area contributed by atoms with Crippen LogP contribution in [-0.4, -0.2) is 23.5 Å². The van der Waals surface area contributed by atoms with Gasteiger partial charge in [-0.05, 0) is 44.0 Å². The van der Waals surface area contributed by atoms with Gasteiger partial charge in [0.25, 0.3) is 5.91 Å². The predicted octanol–water partition coefficient (Wildman–Crippen LogP) is 4.21. The van der Waals surface area contributed by atoms with Gasteiger partial charge in [0.2, 0.25) is 0 Å². The van der Waals surface area contributed by atoms with Crippen LogP contribution in [0, 0.1) is 13.8 Å². The van der Waals surface area contributed by atoms with Gasteiger partial charge in [-0.2, -0.15) is 0 Å². The van der Waals surface area contributed by atoms with Crippen molar-refractivity contribution in [1.82, 2.24) is 4.98 Å². The number of carbonyl (C=O) groups is 2. The Labute approximate surface area is 158 Å². The van der Waals surface area contributed by atoms with Gasteiger partial charge in [-0.25, -0.2) is 4.79 Å². The first kappa shape index (κ1) is 18.6. The van der Waals surface area contributed by atoms with Crippen LogP contribution in [0.4, 0.5) is 5.69 Å². The number of hydrogen-bond donors (Lipinski definition) is 1. The van der Waals surface area contributed by atoms with E-state index in [0.717, 1.165) is 27.7 Å². The maximum Gasteiger partial charge on any atom is 0.339 e. The van der Waals surface area contributed by atoms with Crippen LogP contribution in [0.2, 0.25) is 0 Å². The zero-order valence-corrected chi connectivity index (χ0v) is 15.7. The third-order valence-electron chi connectivity index (χ3n) is 4.34. The number of ether oxygens (including phenoxy) is 1. The van der Waals surface area contributed by atoms with E-state index < -0.39 is 5.97 Å². The summed E-state index contributed by atoms with van der Waals surface area (Å²) in [6.07, 6.45) is 0.707. The second-order valence-corrected chi connectivity index (χ2v) is 6.47. The number of nitrogens with one attached hydrogen (secondary N) is 1. The quantitative estimate of drug-likeness (QED) is 0.691. The molecule has 138 valence electrons. The van der Waals surface area contributed by atoms with Crippen LogP contribution in [0.25, 0.3) is 10.9 Å². The predicted molar refractivity (Wildman–Crippen MR) is 106 cm³/mol. The molecule has 0 fully saturated rings. The molecule has 0 aliphatic carbocycles. The van der Waals surface area contributed by atoms with Gasteiger partial charge in [-0.3, -0.25) is 9.78 Å². The Morgan fingerprint density at radius 3 is 2.59 bits per heavy atom. The number of anilines is 1. The Balaban J connectivity index is 1.72. The molecule has 27 heavy (non-hydrogen) atoms. The van der Waals surface area contributed by atoms with Crippen molar-refractivity contribution in [3.63, 3.8) is 0 Å². The summed E-state index contributed by atoms with van der Waals surface area (Å²) in [7, 11) is 0. The number of esters is 1. The zero-order chi connectivity index (χ0) is 19.4. The molecule has 2 aromatic carbocycles. The Hall–Kier alpha value is -3.21. The van der Waals surface area contributed by atoms with Gasteiger partial charge < -0.3 is 10.1 Å². The normalized spacial score (nSPS) is 10.6.